The predicted molar refractivity (Wildman–Crippen MR) is 72.1 cm³/mol. The van der Waals surface area contributed by atoms with Crippen molar-refractivity contribution in [2.45, 2.75) is 38.6 Å². The van der Waals surface area contributed by atoms with Crippen LogP contribution in [0, 0.1) is 0 Å². The summed E-state index contributed by atoms with van der Waals surface area (Å²) in [6, 6.07) is 6.16. The van der Waals surface area contributed by atoms with E-state index >= 15 is 0 Å². The van der Waals surface area contributed by atoms with E-state index < -0.39 is 0 Å². The summed E-state index contributed by atoms with van der Waals surface area (Å²) in [5.41, 5.74) is 1.72. The molecular formula is C14H18ClNO. The Labute approximate surface area is 108 Å². The summed E-state index contributed by atoms with van der Waals surface area (Å²) in [6.45, 7) is 3.29. The first-order chi connectivity index (χ1) is 8.26. The second-order valence-corrected chi connectivity index (χ2v) is 4.99. The quantitative estimate of drug-likeness (QED) is 0.759. The summed E-state index contributed by atoms with van der Waals surface area (Å²) in [7, 11) is 0. The van der Waals surface area contributed by atoms with Crippen molar-refractivity contribution >= 4 is 23.6 Å². The number of benzene rings is 1. The third kappa shape index (κ3) is 2.63. The number of hydrogen-bond donors (Lipinski definition) is 0. The van der Waals surface area contributed by atoms with Gasteiger partial charge in [0.25, 0.3) is 0 Å². The Balaban J connectivity index is 2.28. The number of carbonyl (C=O) groups is 1. The maximum absolute atomic E-state index is 10.7. The van der Waals surface area contributed by atoms with E-state index in [9.17, 15) is 4.79 Å². The lowest BCUT2D eigenvalue weighted by atomic mass is 9.99. The number of rotatable bonds is 3. The van der Waals surface area contributed by atoms with Crippen LogP contribution in [0.1, 0.15) is 43.0 Å². The van der Waals surface area contributed by atoms with Gasteiger partial charge in [-0.25, -0.2) is 0 Å². The van der Waals surface area contributed by atoms with E-state index in [0.717, 1.165) is 24.9 Å². The first kappa shape index (κ1) is 12.4. The highest BCUT2D eigenvalue weighted by atomic mass is 35.5. The Kier molecular flexibility index (Phi) is 4.06. The van der Waals surface area contributed by atoms with Crippen LogP contribution in [0.5, 0.6) is 0 Å². The first-order valence-corrected chi connectivity index (χ1v) is 6.65. The molecule has 0 amide bonds. The molecular weight excluding hydrogens is 234 g/mol. The summed E-state index contributed by atoms with van der Waals surface area (Å²) in [5, 5.41) is 0.690. The zero-order chi connectivity index (χ0) is 12.3. The Morgan fingerprint density at radius 1 is 1.47 bits per heavy atom. The molecule has 0 saturated carbocycles. The number of nitrogens with zero attached hydrogens (tertiary/aromatic N) is 1. The molecule has 0 bridgehead atoms. The molecule has 0 aromatic heterocycles. The molecule has 1 aromatic rings. The van der Waals surface area contributed by atoms with Crippen molar-refractivity contribution in [3.05, 3.63) is 28.8 Å². The van der Waals surface area contributed by atoms with Crippen LogP contribution in [-0.4, -0.2) is 18.9 Å². The lowest BCUT2D eigenvalue weighted by Crippen LogP contribution is -2.39. The minimum atomic E-state index is 0.586. The number of carbonyl (C=O) groups excluding carboxylic acids is 1. The minimum Gasteiger partial charge on any atom is -0.367 e. The fourth-order valence-electron chi connectivity index (χ4n) is 2.57. The van der Waals surface area contributed by atoms with E-state index in [1.807, 2.05) is 12.1 Å². The maximum atomic E-state index is 10.7. The largest absolute Gasteiger partial charge is 0.367 e. The van der Waals surface area contributed by atoms with Gasteiger partial charge in [-0.2, -0.15) is 0 Å². The van der Waals surface area contributed by atoms with Crippen molar-refractivity contribution in [1.82, 2.24) is 0 Å². The highest BCUT2D eigenvalue weighted by Crippen LogP contribution is 2.32. The normalized spacial score (nSPS) is 20.4. The molecule has 1 aliphatic rings. The van der Waals surface area contributed by atoms with Gasteiger partial charge in [0.15, 0.2) is 0 Å². The maximum Gasteiger partial charge on any atom is 0.150 e. The van der Waals surface area contributed by atoms with Gasteiger partial charge in [-0.3, -0.25) is 4.79 Å². The molecule has 1 aliphatic heterocycles. The van der Waals surface area contributed by atoms with E-state index in [1.54, 1.807) is 6.07 Å². The van der Waals surface area contributed by atoms with E-state index in [0.29, 0.717) is 16.6 Å². The van der Waals surface area contributed by atoms with E-state index in [4.69, 9.17) is 11.6 Å². The zero-order valence-corrected chi connectivity index (χ0v) is 10.9. The standard InChI is InChI=1S/C14H18ClNO/c1-2-12-5-3-4-8-16(12)14-7-6-11(10-17)9-13(14)15/h6-7,9-10,12H,2-5,8H2,1H3. The lowest BCUT2D eigenvalue weighted by molar-refractivity contribution is 0.112. The van der Waals surface area contributed by atoms with Gasteiger partial charge in [-0.1, -0.05) is 18.5 Å². The monoisotopic (exact) mass is 251 g/mol. The molecule has 2 rings (SSSR count). The van der Waals surface area contributed by atoms with Crippen LogP contribution in [0.15, 0.2) is 18.2 Å². The number of piperidine rings is 1. The molecule has 0 N–H and O–H groups in total. The first-order valence-electron chi connectivity index (χ1n) is 6.27. The summed E-state index contributed by atoms with van der Waals surface area (Å²) >= 11 is 6.26. The Bertz CT molecular complexity index is 405. The topological polar surface area (TPSA) is 20.3 Å². The van der Waals surface area contributed by atoms with Crippen LogP contribution in [0.25, 0.3) is 0 Å². The van der Waals surface area contributed by atoms with Gasteiger partial charge in [0.2, 0.25) is 0 Å². The summed E-state index contributed by atoms with van der Waals surface area (Å²) in [5.74, 6) is 0. The summed E-state index contributed by atoms with van der Waals surface area (Å²) < 4.78 is 0. The third-order valence-corrected chi connectivity index (χ3v) is 3.82. The number of halogens is 1. The molecule has 92 valence electrons. The zero-order valence-electron chi connectivity index (χ0n) is 10.2. The van der Waals surface area contributed by atoms with Crippen molar-refractivity contribution in [2.75, 3.05) is 11.4 Å². The average Bonchev–Trinajstić information content (AvgIpc) is 2.38. The van der Waals surface area contributed by atoms with Gasteiger partial charge in [-0.05, 0) is 43.9 Å². The fourth-order valence-corrected chi connectivity index (χ4v) is 2.87. The Hall–Kier alpha value is -1.02. The second-order valence-electron chi connectivity index (χ2n) is 4.58. The highest BCUT2D eigenvalue weighted by Gasteiger charge is 2.22. The van der Waals surface area contributed by atoms with Gasteiger partial charge < -0.3 is 4.90 Å². The van der Waals surface area contributed by atoms with Gasteiger partial charge >= 0.3 is 0 Å². The van der Waals surface area contributed by atoms with Crippen LogP contribution in [0.4, 0.5) is 5.69 Å². The minimum absolute atomic E-state index is 0.586. The molecule has 0 aliphatic carbocycles. The van der Waals surface area contributed by atoms with Crippen LogP contribution in [0.2, 0.25) is 5.02 Å². The summed E-state index contributed by atoms with van der Waals surface area (Å²) in [4.78, 5) is 13.1. The van der Waals surface area contributed by atoms with Gasteiger partial charge in [0.1, 0.15) is 6.29 Å². The van der Waals surface area contributed by atoms with Crippen LogP contribution in [-0.2, 0) is 0 Å². The van der Waals surface area contributed by atoms with Gasteiger partial charge in [0, 0.05) is 18.2 Å². The van der Waals surface area contributed by atoms with E-state index in [2.05, 4.69) is 11.8 Å². The molecule has 1 heterocycles. The van der Waals surface area contributed by atoms with Crippen LogP contribution in [0.3, 0.4) is 0 Å². The predicted octanol–water partition coefficient (Wildman–Crippen LogP) is 3.92. The van der Waals surface area contributed by atoms with Gasteiger partial charge in [-0.15, -0.1) is 0 Å². The molecule has 0 radical (unpaired) electrons. The Morgan fingerprint density at radius 3 is 2.94 bits per heavy atom. The average molecular weight is 252 g/mol. The van der Waals surface area contributed by atoms with Crippen molar-refractivity contribution in [1.29, 1.82) is 0 Å². The fraction of sp³-hybridized carbons (Fsp3) is 0.500. The molecule has 2 nitrogen and oxygen atoms in total. The number of anilines is 1. The van der Waals surface area contributed by atoms with Crippen molar-refractivity contribution in [2.24, 2.45) is 0 Å². The third-order valence-electron chi connectivity index (χ3n) is 3.52. The van der Waals surface area contributed by atoms with Crippen LogP contribution >= 0.6 is 11.6 Å². The second kappa shape index (κ2) is 5.54. The molecule has 1 unspecified atom stereocenters. The molecule has 0 spiro atoms. The smallest absolute Gasteiger partial charge is 0.150 e. The van der Waals surface area contributed by atoms with Gasteiger partial charge in [0.05, 0.1) is 10.7 Å². The molecule has 1 fully saturated rings. The van der Waals surface area contributed by atoms with Crippen molar-refractivity contribution < 1.29 is 4.79 Å². The van der Waals surface area contributed by atoms with Crippen molar-refractivity contribution in [3.63, 3.8) is 0 Å². The Morgan fingerprint density at radius 2 is 2.29 bits per heavy atom. The number of hydrogen-bond acceptors (Lipinski definition) is 2. The molecule has 3 heteroatoms. The van der Waals surface area contributed by atoms with E-state index in [-0.39, 0.29) is 0 Å². The SMILES string of the molecule is CCC1CCCCN1c1ccc(C=O)cc1Cl. The lowest BCUT2D eigenvalue weighted by Gasteiger charge is -2.37. The molecule has 1 saturated heterocycles. The molecule has 1 aromatic carbocycles. The van der Waals surface area contributed by atoms with E-state index in [1.165, 1.54) is 19.3 Å². The molecule has 17 heavy (non-hydrogen) atoms. The number of aldehydes is 1. The highest BCUT2D eigenvalue weighted by molar-refractivity contribution is 6.33. The van der Waals surface area contributed by atoms with Crippen LogP contribution < -0.4 is 4.90 Å². The summed E-state index contributed by atoms with van der Waals surface area (Å²) in [6.07, 6.45) is 5.75. The molecule has 1 atom stereocenters. The van der Waals surface area contributed by atoms with Crippen molar-refractivity contribution in [3.8, 4) is 0 Å².